The van der Waals surface area contributed by atoms with Crippen molar-refractivity contribution in [3.05, 3.63) is 41.5 Å². The molecule has 1 atom stereocenters. The van der Waals surface area contributed by atoms with Gasteiger partial charge in [0, 0.05) is 30.9 Å². The van der Waals surface area contributed by atoms with E-state index >= 15 is 0 Å². The van der Waals surface area contributed by atoms with Crippen LogP contribution in [0.2, 0.25) is 0 Å². The van der Waals surface area contributed by atoms with E-state index in [1.54, 1.807) is 0 Å². The first-order valence-electron chi connectivity index (χ1n) is 8.85. The Balaban J connectivity index is 1.50. The number of H-pyrrole nitrogens is 1. The number of nitrogens with zero attached hydrogens (tertiary/aromatic N) is 4. The molecule has 2 aliphatic rings. The van der Waals surface area contributed by atoms with E-state index in [0.29, 0.717) is 5.82 Å². The Kier molecular flexibility index (Phi) is 4.40. The number of carbonyl (C=O) groups excluding carboxylic acids is 1. The van der Waals surface area contributed by atoms with Crippen molar-refractivity contribution in [2.45, 2.75) is 25.8 Å². The molecule has 4 rings (SSSR count). The van der Waals surface area contributed by atoms with Crippen molar-refractivity contribution in [2.75, 3.05) is 37.7 Å². The summed E-state index contributed by atoms with van der Waals surface area (Å²) in [4.78, 5) is 21.5. The minimum Gasteiger partial charge on any atom is -0.378 e. The molecular formula is C18H23N5O2. The Morgan fingerprint density at radius 2 is 1.96 bits per heavy atom. The van der Waals surface area contributed by atoms with E-state index in [2.05, 4.69) is 20.1 Å². The van der Waals surface area contributed by atoms with Crippen molar-refractivity contribution in [1.29, 1.82) is 0 Å². The zero-order valence-electron chi connectivity index (χ0n) is 14.4. The summed E-state index contributed by atoms with van der Waals surface area (Å²) in [6.45, 7) is 5.93. The number of amides is 1. The molecule has 7 heteroatoms. The quantitative estimate of drug-likeness (QED) is 0.923. The van der Waals surface area contributed by atoms with E-state index < -0.39 is 0 Å². The van der Waals surface area contributed by atoms with Crippen LogP contribution in [0.4, 0.5) is 5.69 Å². The SMILES string of the molecule is Cc1nc([C@@H]2CCCN2C(=O)c2ccc(N3CCOCC3)cc2)n[nH]1. The second-order valence-corrected chi connectivity index (χ2v) is 6.58. The Morgan fingerprint density at radius 3 is 2.64 bits per heavy atom. The molecule has 2 aliphatic heterocycles. The van der Waals surface area contributed by atoms with Crippen molar-refractivity contribution in [3.63, 3.8) is 0 Å². The second kappa shape index (κ2) is 6.84. The third kappa shape index (κ3) is 3.24. The molecule has 0 radical (unpaired) electrons. The van der Waals surface area contributed by atoms with Gasteiger partial charge in [-0.25, -0.2) is 4.98 Å². The number of likely N-dealkylation sites (tertiary alicyclic amines) is 1. The highest BCUT2D eigenvalue weighted by molar-refractivity contribution is 5.95. The molecule has 0 bridgehead atoms. The number of benzene rings is 1. The molecule has 0 saturated carbocycles. The molecule has 1 aromatic carbocycles. The number of hydrogen-bond acceptors (Lipinski definition) is 5. The highest BCUT2D eigenvalue weighted by atomic mass is 16.5. The normalized spacial score (nSPS) is 20.9. The number of anilines is 1. The van der Waals surface area contributed by atoms with Crippen LogP contribution in [0.15, 0.2) is 24.3 Å². The second-order valence-electron chi connectivity index (χ2n) is 6.58. The van der Waals surface area contributed by atoms with E-state index in [-0.39, 0.29) is 11.9 Å². The van der Waals surface area contributed by atoms with Gasteiger partial charge in [0.15, 0.2) is 5.82 Å². The van der Waals surface area contributed by atoms with Crippen molar-refractivity contribution in [1.82, 2.24) is 20.1 Å². The standard InChI is InChI=1S/C18H23N5O2/c1-13-19-17(21-20-13)16-3-2-8-23(16)18(24)14-4-6-15(7-5-14)22-9-11-25-12-10-22/h4-7,16H,2-3,8-12H2,1H3,(H,19,20,21)/t16-/m0/s1. The number of hydrogen-bond donors (Lipinski definition) is 1. The maximum absolute atomic E-state index is 13.0. The topological polar surface area (TPSA) is 74.3 Å². The van der Waals surface area contributed by atoms with E-state index in [0.717, 1.165) is 62.8 Å². The Labute approximate surface area is 147 Å². The summed E-state index contributed by atoms with van der Waals surface area (Å²) >= 11 is 0. The summed E-state index contributed by atoms with van der Waals surface area (Å²) < 4.78 is 5.39. The predicted octanol–water partition coefficient (Wildman–Crippen LogP) is 1.93. The van der Waals surface area contributed by atoms with Crippen molar-refractivity contribution >= 4 is 11.6 Å². The van der Waals surface area contributed by atoms with Gasteiger partial charge >= 0.3 is 0 Å². The molecule has 2 fully saturated rings. The maximum Gasteiger partial charge on any atom is 0.254 e. The Bertz CT molecular complexity index is 736. The van der Waals surface area contributed by atoms with Crippen LogP contribution in [0.1, 0.15) is 40.9 Å². The first-order valence-corrected chi connectivity index (χ1v) is 8.85. The van der Waals surface area contributed by atoms with Crippen LogP contribution in [0.5, 0.6) is 0 Å². The molecule has 25 heavy (non-hydrogen) atoms. The van der Waals surface area contributed by atoms with Gasteiger partial charge in [0.1, 0.15) is 5.82 Å². The van der Waals surface area contributed by atoms with Gasteiger partial charge in [-0.3, -0.25) is 9.89 Å². The number of aryl methyl sites for hydroxylation is 1. The Morgan fingerprint density at radius 1 is 1.20 bits per heavy atom. The lowest BCUT2D eigenvalue weighted by molar-refractivity contribution is 0.0730. The minimum absolute atomic E-state index is 0.0311. The molecule has 1 amide bonds. The minimum atomic E-state index is -0.0311. The number of aromatic amines is 1. The number of carbonyl (C=O) groups is 1. The molecule has 3 heterocycles. The molecule has 1 N–H and O–H groups in total. The lowest BCUT2D eigenvalue weighted by atomic mass is 10.1. The van der Waals surface area contributed by atoms with Crippen LogP contribution in [-0.4, -0.2) is 58.8 Å². The molecule has 0 unspecified atom stereocenters. The van der Waals surface area contributed by atoms with Gasteiger partial charge in [-0.15, -0.1) is 0 Å². The number of aromatic nitrogens is 3. The molecule has 1 aromatic heterocycles. The van der Waals surface area contributed by atoms with Gasteiger partial charge in [0.05, 0.1) is 19.3 Å². The molecule has 7 nitrogen and oxygen atoms in total. The van der Waals surface area contributed by atoms with Crippen LogP contribution in [-0.2, 0) is 4.74 Å². The van der Waals surface area contributed by atoms with Crippen molar-refractivity contribution < 1.29 is 9.53 Å². The zero-order chi connectivity index (χ0) is 17.2. The Hall–Kier alpha value is -2.41. The molecule has 132 valence electrons. The van der Waals surface area contributed by atoms with Gasteiger partial charge in [-0.2, -0.15) is 5.10 Å². The third-order valence-corrected chi connectivity index (χ3v) is 4.92. The summed E-state index contributed by atoms with van der Waals surface area (Å²) in [5.41, 5.74) is 1.86. The fraction of sp³-hybridized carbons (Fsp3) is 0.500. The fourth-order valence-electron chi connectivity index (χ4n) is 3.59. The molecular weight excluding hydrogens is 318 g/mol. The largest absolute Gasteiger partial charge is 0.378 e. The summed E-state index contributed by atoms with van der Waals surface area (Å²) in [5, 5.41) is 7.12. The first kappa shape index (κ1) is 16.1. The lowest BCUT2D eigenvalue weighted by Gasteiger charge is -2.29. The van der Waals surface area contributed by atoms with Gasteiger partial charge < -0.3 is 14.5 Å². The highest BCUT2D eigenvalue weighted by Crippen LogP contribution is 2.31. The zero-order valence-corrected chi connectivity index (χ0v) is 14.4. The highest BCUT2D eigenvalue weighted by Gasteiger charge is 2.33. The van der Waals surface area contributed by atoms with Crippen LogP contribution in [0.25, 0.3) is 0 Å². The van der Waals surface area contributed by atoms with E-state index in [1.165, 1.54) is 0 Å². The summed E-state index contributed by atoms with van der Waals surface area (Å²) in [5.74, 6) is 1.55. The first-order chi connectivity index (χ1) is 12.2. The van der Waals surface area contributed by atoms with Gasteiger partial charge in [-0.1, -0.05) is 0 Å². The van der Waals surface area contributed by atoms with Gasteiger partial charge in [-0.05, 0) is 44.0 Å². The van der Waals surface area contributed by atoms with Crippen LogP contribution >= 0.6 is 0 Å². The predicted molar refractivity (Wildman–Crippen MR) is 93.6 cm³/mol. The smallest absolute Gasteiger partial charge is 0.254 e. The maximum atomic E-state index is 13.0. The van der Waals surface area contributed by atoms with Crippen LogP contribution in [0, 0.1) is 6.92 Å². The number of ether oxygens (including phenoxy) is 1. The average Bonchev–Trinajstić information content (AvgIpc) is 3.31. The summed E-state index contributed by atoms with van der Waals surface area (Å²) in [7, 11) is 0. The fourth-order valence-corrected chi connectivity index (χ4v) is 3.59. The van der Waals surface area contributed by atoms with Gasteiger partial charge in [0.2, 0.25) is 0 Å². The van der Waals surface area contributed by atoms with Crippen LogP contribution < -0.4 is 4.90 Å². The number of morpholine rings is 1. The molecule has 0 spiro atoms. The summed E-state index contributed by atoms with van der Waals surface area (Å²) in [6, 6.07) is 7.87. The van der Waals surface area contributed by atoms with E-state index in [4.69, 9.17) is 4.74 Å². The van der Waals surface area contributed by atoms with Crippen molar-refractivity contribution in [2.24, 2.45) is 0 Å². The molecule has 0 aliphatic carbocycles. The van der Waals surface area contributed by atoms with Gasteiger partial charge in [0.25, 0.3) is 5.91 Å². The number of nitrogens with one attached hydrogen (secondary N) is 1. The molecule has 2 saturated heterocycles. The van der Waals surface area contributed by atoms with E-state index in [1.807, 2.05) is 36.1 Å². The third-order valence-electron chi connectivity index (χ3n) is 4.92. The monoisotopic (exact) mass is 341 g/mol. The number of rotatable bonds is 3. The average molecular weight is 341 g/mol. The lowest BCUT2D eigenvalue weighted by Crippen LogP contribution is -2.36. The van der Waals surface area contributed by atoms with Crippen LogP contribution in [0.3, 0.4) is 0 Å². The summed E-state index contributed by atoms with van der Waals surface area (Å²) in [6.07, 6.45) is 1.89. The molecule has 2 aromatic rings. The van der Waals surface area contributed by atoms with Crippen molar-refractivity contribution in [3.8, 4) is 0 Å². The van der Waals surface area contributed by atoms with E-state index in [9.17, 15) is 4.79 Å².